The van der Waals surface area contributed by atoms with Crippen LogP contribution in [0.25, 0.3) is 0 Å². The van der Waals surface area contributed by atoms with Crippen molar-refractivity contribution in [1.82, 2.24) is 15.0 Å². The van der Waals surface area contributed by atoms with Crippen molar-refractivity contribution in [2.75, 3.05) is 12.8 Å². The Morgan fingerprint density at radius 1 is 1.19 bits per heavy atom. The summed E-state index contributed by atoms with van der Waals surface area (Å²) < 4.78 is 6.39. The van der Waals surface area contributed by atoms with Crippen molar-refractivity contribution in [3.8, 4) is 5.75 Å². The third-order valence-electron chi connectivity index (χ3n) is 4.21. The fraction of sp³-hybridized carbons (Fsp3) is 0.158. The van der Waals surface area contributed by atoms with Gasteiger partial charge >= 0.3 is 5.97 Å². The van der Waals surface area contributed by atoms with Gasteiger partial charge in [0.2, 0.25) is 11.5 Å². The molecule has 0 aliphatic carbocycles. The molecule has 0 atom stereocenters. The zero-order valence-electron chi connectivity index (χ0n) is 14.8. The van der Waals surface area contributed by atoms with Gasteiger partial charge in [-0.3, -0.25) is 4.79 Å². The number of carbonyl (C=O) groups is 2. The molecule has 2 aromatic carbocycles. The van der Waals surface area contributed by atoms with Crippen LogP contribution in [0.5, 0.6) is 5.75 Å². The minimum Gasteiger partial charge on any atom is -0.497 e. The second-order valence-electron chi connectivity index (χ2n) is 5.96. The highest BCUT2D eigenvalue weighted by molar-refractivity contribution is 6.15. The lowest BCUT2D eigenvalue weighted by atomic mass is 10.0. The molecular weight excluding hydrogens is 348 g/mol. The van der Waals surface area contributed by atoms with Crippen molar-refractivity contribution < 1.29 is 19.4 Å². The summed E-state index contributed by atoms with van der Waals surface area (Å²) in [7, 11) is 1.56. The van der Waals surface area contributed by atoms with Crippen LogP contribution in [-0.4, -0.2) is 39.0 Å². The maximum Gasteiger partial charge on any atom is 0.358 e. The van der Waals surface area contributed by atoms with Gasteiger partial charge in [0.15, 0.2) is 0 Å². The number of carboxylic acids is 1. The highest BCUT2D eigenvalue weighted by atomic mass is 16.5. The highest BCUT2D eigenvalue weighted by Crippen LogP contribution is 2.22. The Bertz CT molecular complexity index is 1010. The Balaban J connectivity index is 2.05. The molecule has 0 saturated carbocycles. The molecule has 8 nitrogen and oxygen atoms in total. The molecule has 138 valence electrons. The van der Waals surface area contributed by atoms with Crippen molar-refractivity contribution >= 4 is 17.4 Å². The van der Waals surface area contributed by atoms with Crippen LogP contribution in [0.3, 0.4) is 0 Å². The number of rotatable bonds is 6. The second kappa shape index (κ2) is 7.28. The number of para-hydroxylation sites is 1. The number of ether oxygens (including phenoxy) is 1. The van der Waals surface area contributed by atoms with E-state index in [1.54, 1.807) is 56.5 Å². The van der Waals surface area contributed by atoms with E-state index >= 15 is 0 Å². The van der Waals surface area contributed by atoms with Crippen LogP contribution >= 0.6 is 0 Å². The zero-order valence-corrected chi connectivity index (χ0v) is 14.8. The van der Waals surface area contributed by atoms with Gasteiger partial charge in [-0.15, -0.1) is 5.10 Å². The molecule has 0 fully saturated rings. The number of methoxy groups -OCH3 is 1. The number of benzene rings is 2. The zero-order chi connectivity index (χ0) is 19.6. The Hall–Kier alpha value is -3.68. The number of carbonyl (C=O) groups excluding carboxylic acids is 1. The monoisotopic (exact) mass is 366 g/mol. The van der Waals surface area contributed by atoms with Gasteiger partial charge in [-0.25, -0.2) is 9.48 Å². The van der Waals surface area contributed by atoms with Crippen LogP contribution in [0.15, 0.2) is 42.5 Å². The van der Waals surface area contributed by atoms with Crippen LogP contribution < -0.4 is 10.5 Å². The number of anilines is 1. The van der Waals surface area contributed by atoms with Crippen molar-refractivity contribution in [3.05, 3.63) is 70.5 Å². The summed E-state index contributed by atoms with van der Waals surface area (Å²) in [6, 6.07) is 12.2. The van der Waals surface area contributed by atoms with Crippen LogP contribution in [0.4, 0.5) is 5.69 Å². The minimum absolute atomic E-state index is 0.115. The first-order valence-electron chi connectivity index (χ1n) is 8.12. The van der Waals surface area contributed by atoms with Gasteiger partial charge in [-0.2, -0.15) is 0 Å². The number of aromatic nitrogens is 3. The SMILES string of the molecule is COc1ccc(Cn2nnc(C(=O)O)c2C(=O)c2cccc(C)c2N)cc1. The predicted octanol–water partition coefficient (Wildman–Crippen LogP) is 2.15. The molecule has 0 aliphatic rings. The topological polar surface area (TPSA) is 120 Å². The third kappa shape index (κ3) is 3.50. The molecule has 0 bridgehead atoms. The van der Waals surface area contributed by atoms with Gasteiger partial charge < -0.3 is 15.6 Å². The summed E-state index contributed by atoms with van der Waals surface area (Å²) in [4.78, 5) is 24.6. The molecule has 1 aromatic heterocycles. The summed E-state index contributed by atoms with van der Waals surface area (Å²) in [5, 5.41) is 17.0. The van der Waals surface area contributed by atoms with E-state index < -0.39 is 17.4 Å². The van der Waals surface area contributed by atoms with Crippen LogP contribution in [0.2, 0.25) is 0 Å². The number of ketones is 1. The summed E-state index contributed by atoms with van der Waals surface area (Å²) in [5.74, 6) is -1.18. The maximum atomic E-state index is 13.1. The van der Waals surface area contributed by atoms with Crippen molar-refractivity contribution in [3.63, 3.8) is 0 Å². The molecule has 0 radical (unpaired) electrons. The molecule has 3 N–H and O–H groups in total. The average molecular weight is 366 g/mol. The third-order valence-corrected chi connectivity index (χ3v) is 4.21. The lowest BCUT2D eigenvalue weighted by Gasteiger charge is -2.10. The molecule has 8 heteroatoms. The molecule has 0 unspecified atom stereocenters. The summed E-state index contributed by atoms with van der Waals surface area (Å²) >= 11 is 0. The van der Waals surface area contributed by atoms with E-state index in [-0.39, 0.29) is 17.8 Å². The summed E-state index contributed by atoms with van der Waals surface area (Å²) in [5.41, 5.74) is 7.55. The molecule has 0 spiro atoms. The molecular formula is C19H18N4O4. The molecule has 1 heterocycles. The van der Waals surface area contributed by atoms with Crippen molar-refractivity contribution in [1.29, 1.82) is 0 Å². The van der Waals surface area contributed by atoms with Crippen LogP contribution in [0, 0.1) is 6.92 Å². The van der Waals surface area contributed by atoms with E-state index in [1.165, 1.54) is 4.68 Å². The number of nitrogens with zero attached hydrogens (tertiary/aromatic N) is 3. The summed E-state index contributed by atoms with van der Waals surface area (Å²) in [6.07, 6.45) is 0. The van der Waals surface area contributed by atoms with Gasteiger partial charge in [0, 0.05) is 11.3 Å². The average Bonchev–Trinajstić information content (AvgIpc) is 3.08. The Labute approximate surface area is 155 Å². The predicted molar refractivity (Wildman–Crippen MR) is 98.1 cm³/mol. The van der Waals surface area contributed by atoms with Crippen LogP contribution in [-0.2, 0) is 6.54 Å². The molecule has 3 rings (SSSR count). The van der Waals surface area contributed by atoms with E-state index in [0.717, 1.165) is 11.1 Å². The quantitative estimate of drug-likeness (QED) is 0.506. The van der Waals surface area contributed by atoms with E-state index in [4.69, 9.17) is 10.5 Å². The smallest absolute Gasteiger partial charge is 0.358 e. The first kappa shape index (κ1) is 18.1. The molecule has 27 heavy (non-hydrogen) atoms. The largest absolute Gasteiger partial charge is 0.497 e. The Morgan fingerprint density at radius 3 is 2.52 bits per heavy atom. The van der Waals surface area contributed by atoms with Gasteiger partial charge in [0.1, 0.15) is 11.4 Å². The van der Waals surface area contributed by atoms with E-state index in [9.17, 15) is 14.7 Å². The van der Waals surface area contributed by atoms with Gasteiger partial charge in [0.25, 0.3) is 0 Å². The number of carboxylic acid groups (broad SMARTS) is 1. The number of hydrogen-bond acceptors (Lipinski definition) is 6. The highest BCUT2D eigenvalue weighted by Gasteiger charge is 2.27. The Kier molecular flexibility index (Phi) is 4.89. The number of hydrogen-bond donors (Lipinski definition) is 2. The molecule has 0 amide bonds. The number of nitrogen functional groups attached to an aromatic ring is 1. The normalized spacial score (nSPS) is 10.6. The lowest BCUT2D eigenvalue weighted by molar-refractivity contribution is 0.0686. The fourth-order valence-corrected chi connectivity index (χ4v) is 2.70. The first-order valence-corrected chi connectivity index (χ1v) is 8.12. The van der Waals surface area contributed by atoms with E-state index in [1.807, 2.05) is 0 Å². The standard InChI is InChI=1S/C19H18N4O4/c1-11-4-3-5-14(15(11)20)18(24)17-16(19(25)26)21-22-23(17)10-12-6-8-13(27-2)9-7-12/h3-9H,10,20H2,1-2H3,(H,25,26). The fourth-order valence-electron chi connectivity index (χ4n) is 2.70. The second-order valence-corrected chi connectivity index (χ2v) is 5.96. The van der Waals surface area contributed by atoms with Crippen molar-refractivity contribution in [2.45, 2.75) is 13.5 Å². The van der Waals surface area contributed by atoms with E-state index in [2.05, 4.69) is 10.3 Å². The molecule has 0 saturated heterocycles. The van der Waals surface area contributed by atoms with Gasteiger partial charge in [-0.1, -0.05) is 29.5 Å². The number of aromatic carboxylic acids is 1. The lowest BCUT2D eigenvalue weighted by Crippen LogP contribution is -2.17. The van der Waals surface area contributed by atoms with E-state index in [0.29, 0.717) is 11.4 Å². The number of aryl methyl sites for hydroxylation is 1. The minimum atomic E-state index is -1.33. The Morgan fingerprint density at radius 2 is 1.89 bits per heavy atom. The molecule has 3 aromatic rings. The number of nitrogens with two attached hydrogens (primary N) is 1. The first-order chi connectivity index (χ1) is 12.9. The van der Waals surface area contributed by atoms with Crippen LogP contribution in [0.1, 0.15) is 37.7 Å². The molecule has 0 aliphatic heterocycles. The van der Waals surface area contributed by atoms with Crippen molar-refractivity contribution in [2.24, 2.45) is 0 Å². The van der Waals surface area contributed by atoms with Gasteiger partial charge in [-0.05, 0) is 36.2 Å². The summed E-state index contributed by atoms with van der Waals surface area (Å²) in [6.45, 7) is 1.95. The van der Waals surface area contributed by atoms with Gasteiger partial charge in [0.05, 0.1) is 13.7 Å². The maximum absolute atomic E-state index is 13.1.